The van der Waals surface area contributed by atoms with Crippen LogP contribution < -0.4 is 22.3 Å². The molecule has 0 bridgehead atoms. The molecule has 0 saturated heterocycles. The number of rotatable bonds is 6. The van der Waals surface area contributed by atoms with Crippen molar-refractivity contribution in [3.63, 3.8) is 0 Å². The lowest BCUT2D eigenvalue weighted by molar-refractivity contribution is -0.117. The Kier molecular flexibility index (Phi) is 7.29. The number of hydrazine groups is 1. The zero-order valence-electron chi connectivity index (χ0n) is 9.12. The molecule has 0 aromatic heterocycles. The molecule has 7 nitrogen and oxygen atoms in total. The fourth-order valence-electron chi connectivity index (χ4n) is 0.936. The number of nitrogens with two attached hydrogens (primary N) is 2. The largest absolute Gasteiger partial charge is 0.383 e. The Hall–Kier alpha value is -1.34. The second-order valence-corrected chi connectivity index (χ2v) is 3.09. The van der Waals surface area contributed by atoms with Gasteiger partial charge in [-0.15, -0.1) is 0 Å². The molecule has 0 heterocycles. The highest BCUT2D eigenvalue weighted by Crippen LogP contribution is 1.84. The molecule has 0 rings (SSSR count). The Morgan fingerprint density at radius 2 is 2.27 bits per heavy atom. The van der Waals surface area contributed by atoms with Gasteiger partial charge in [0.2, 0.25) is 11.9 Å². The van der Waals surface area contributed by atoms with Gasteiger partial charge in [-0.1, -0.05) is 0 Å². The van der Waals surface area contributed by atoms with Crippen molar-refractivity contribution in [1.29, 1.82) is 0 Å². The monoisotopic (exact) mass is 217 g/mol. The van der Waals surface area contributed by atoms with Crippen LogP contribution in [0.15, 0.2) is 4.99 Å². The molecule has 6 N–H and O–H groups in total. The molecule has 0 spiro atoms. The van der Waals surface area contributed by atoms with Gasteiger partial charge in [-0.2, -0.15) is 0 Å². The summed E-state index contributed by atoms with van der Waals surface area (Å²) < 4.78 is 4.93. The van der Waals surface area contributed by atoms with Crippen molar-refractivity contribution in [3.05, 3.63) is 0 Å². The average Bonchev–Trinajstić information content (AvgIpc) is 2.16. The first kappa shape index (κ1) is 13.7. The third kappa shape index (κ3) is 7.71. The number of guanidine groups is 1. The van der Waals surface area contributed by atoms with E-state index in [-0.39, 0.29) is 18.4 Å². The number of methoxy groups -OCH3 is 1. The third-order valence-electron chi connectivity index (χ3n) is 1.56. The van der Waals surface area contributed by atoms with Crippen molar-refractivity contribution in [3.8, 4) is 0 Å². The molecule has 0 aromatic carbocycles. The number of hydrogen-bond acceptors (Lipinski definition) is 4. The molecule has 88 valence electrons. The first-order valence-electron chi connectivity index (χ1n) is 4.65. The minimum atomic E-state index is -0.389. The van der Waals surface area contributed by atoms with E-state index in [1.807, 2.05) is 6.92 Å². The number of nitrogens with one attached hydrogen (secondary N) is 2. The molecule has 1 amide bonds. The van der Waals surface area contributed by atoms with Crippen LogP contribution in [-0.2, 0) is 9.53 Å². The molecule has 0 aliphatic heterocycles. The SMILES string of the molecule is COCC(C)NC(=NCCC(N)=O)NN. The molecule has 0 aromatic rings. The van der Waals surface area contributed by atoms with Crippen LogP contribution in [0.2, 0.25) is 0 Å². The number of amides is 1. The Bertz CT molecular complexity index is 219. The summed E-state index contributed by atoms with van der Waals surface area (Å²) in [7, 11) is 1.61. The number of carbonyl (C=O) groups excluding carboxylic acids is 1. The number of aliphatic imine (C=N–C) groups is 1. The van der Waals surface area contributed by atoms with E-state index in [1.165, 1.54) is 0 Å². The maximum Gasteiger partial charge on any atom is 0.219 e. The van der Waals surface area contributed by atoms with Crippen LogP contribution in [0.25, 0.3) is 0 Å². The maximum atomic E-state index is 10.5. The zero-order chi connectivity index (χ0) is 11.7. The summed E-state index contributed by atoms with van der Waals surface area (Å²) in [5.74, 6) is 5.26. The number of primary amides is 1. The molecule has 15 heavy (non-hydrogen) atoms. The zero-order valence-corrected chi connectivity index (χ0v) is 9.12. The van der Waals surface area contributed by atoms with E-state index in [4.69, 9.17) is 16.3 Å². The molecule has 0 aliphatic rings. The fraction of sp³-hybridized carbons (Fsp3) is 0.750. The first-order valence-corrected chi connectivity index (χ1v) is 4.65. The average molecular weight is 217 g/mol. The Labute approximate surface area is 89.2 Å². The van der Waals surface area contributed by atoms with Gasteiger partial charge in [0.25, 0.3) is 0 Å². The molecule has 0 aliphatic carbocycles. The lowest BCUT2D eigenvalue weighted by Crippen LogP contribution is -2.47. The normalized spacial score (nSPS) is 13.4. The fourth-order valence-corrected chi connectivity index (χ4v) is 0.936. The number of carbonyl (C=O) groups is 1. The van der Waals surface area contributed by atoms with E-state index in [1.54, 1.807) is 7.11 Å². The van der Waals surface area contributed by atoms with Gasteiger partial charge in [0.1, 0.15) is 0 Å². The van der Waals surface area contributed by atoms with Gasteiger partial charge in [-0.25, -0.2) is 5.84 Å². The van der Waals surface area contributed by atoms with E-state index in [9.17, 15) is 4.79 Å². The van der Waals surface area contributed by atoms with Crippen LogP contribution in [0.5, 0.6) is 0 Å². The van der Waals surface area contributed by atoms with Gasteiger partial charge in [0.15, 0.2) is 0 Å². The molecule has 0 saturated carbocycles. The van der Waals surface area contributed by atoms with E-state index in [0.717, 1.165) is 0 Å². The van der Waals surface area contributed by atoms with Crippen molar-refractivity contribution in [1.82, 2.24) is 10.7 Å². The summed E-state index contributed by atoms with van der Waals surface area (Å²) in [6.07, 6.45) is 0.200. The van der Waals surface area contributed by atoms with Gasteiger partial charge in [0.05, 0.1) is 13.2 Å². The second kappa shape index (κ2) is 8.01. The van der Waals surface area contributed by atoms with Crippen molar-refractivity contribution >= 4 is 11.9 Å². The summed E-state index contributed by atoms with van der Waals surface area (Å²) in [6, 6.07) is 0.0818. The highest BCUT2D eigenvalue weighted by molar-refractivity contribution is 5.80. The van der Waals surface area contributed by atoms with Crippen LogP contribution in [0.4, 0.5) is 0 Å². The predicted octanol–water partition coefficient (Wildman–Crippen LogP) is -1.69. The predicted molar refractivity (Wildman–Crippen MR) is 57.9 cm³/mol. The van der Waals surface area contributed by atoms with E-state index in [2.05, 4.69) is 15.7 Å². The lowest BCUT2D eigenvalue weighted by Gasteiger charge is -2.15. The van der Waals surface area contributed by atoms with E-state index in [0.29, 0.717) is 19.1 Å². The third-order valence-corrected chi connectivity index (χ3v) is 1.56. The molecule has 1 unspecified atom stereocenters. The summed E-state index contributed by atoms with van der Waals surface area (Å²) >= 11 is 0. The number of hydrogen-bond donors (Lipinski definition) is 4. The summed E-state index contributed by atoms with van der Waals surface area (Å²) in [4.78, 5) is 14.5. The molecule has 0 radical (unpaired) electrons. The van der Waals surface area contributed by atoms with Gasteiger partial charge in [-0.3, -0.25) is 15.2 Å². The summed E-state index contributed by atoms with van der Waals surface area (Å²) in [5.41, 5.74) is 7.37. The number of nitrogens with zero attached hydrogens (tertiary/aromatic N) is 1. The van der Waals surface area contributed by atoms with Crippen molar-refractivity contribution in [2.45, 2.75) is 19.4 Å². The number of ether oxygens (including phenoxy) is 1. The van der Waals surface area contributed by atoms with Gasteiger partial charge in [0, 0.05) is 19.6 Å². The van der Waals surface area contributed by atoms with Gasteiger partial charge < -0.3 is 15.8 Å². The van der Waals surface area contributed by atoms with Crippen LogP contribution >= 0.6 is 0 Å². The smallest absolute Gasteiger partial charge is 0.219 e. The maximum absolute atomic E-state index is 10.5. The van der Waals surface area contributed by atoms with Crippen LogP contribution in [0, 0.1) is 0 Å². The lowest BCUT2D eigenvalue weighted by atomic mass is 10.4. The van der Waals surface area contributed by atoms with Crippen molar-refractivity contribution < 1.29 is 9.53 Å². The van der Waals surface area contributed by atoms with Gasteiger partial charge in [-0.05, 0) is 6.92 Å². The first-order chi connectivity index (χ1) is 7.10. The Morgan fingerprint density at radius 1 is 1.60 bits per heavy atom. The topological polar surface area (TPSA) is 115 Å². The van der Waals surface area contributed by atoms with Gasteiger partial charge >= 0.3 is 0 Å². The molecular weight excluding hydrogens is 198 g/mol. The standard InChI is InChI=1S/C8H19N5O2/c1-6(5-15-2)12-8(13-10)11-4-3-7(9)14/h6H,3-5,10H2,1-2H3,(H2,9,14)(H2,11,12,13). The molecule has 0 fully saturated rings. The summed E-state index contributed by atoms with van der Waals surface area (Å²) in [6.45, 7) is 2.77. The Balaban J connectivity index is 3.94. The molecular formula is C8H19N5O2. The molecule has 1 atom stereocenters. The highest BCUT2D eigenvalue weighted by Gasteiger charge is 2.03. The minimum Gasteiger partial charge on any atom is -0.383 e. The van der Waals surface area contributed by atoms with Crippen LogP contribution in [0.1, 0.15) is 13.3 Å². The van der Waals surface area contributed by atoms with Crippen LogP contribution in [0.3, 0.4) is 0 Å². The van der Waals surface area contributed by atoms with E-state index < -0.39 is 0 Å². The van der Waals surface area contributed by atoms with E-state index >= 15 is 0 Å². The molecule has 7 heteroatoms. The highest BCUT2D eigenvalue weighted by atomic mass is 16.5. The Morgan fingerprint density at radius 3 is 2.73 bits per heavy atom. The van der Waals surface area contributed by atoms with Crippen LogP contribution in [-0.4, -0.2) is 38.2 Å². The van der Waals surface area contributed by atoms with Crippen molar-refractivity contribution in [2.75, 3.05) is 20.3 Å². The second-order valence-electron chi connectivity index (χ2n) is 3.09. The van der Waals surface area contributed by atoms with Crippen molar-refractivity contribution in [2.24, 2.45) is 16.6 Å². The summed E-state index contributed by atoms with van der Waals surface area (Å²) in [5, 5.41) is 2.98. The minimum absolute atomic E-state index is 0.0818. The quantitative estimate of drug-likeness (QED) is 0.183.